The number of ether oxygens (including phenoxy) is 1. The van der Waals surface area contributed by atoms with Gasteiger partial charge in [0.2, 0.25) is 11.8 Å². The average Bonchev–Trinajstić information content (AvgIpc) is 3.40. The van der Waals surface area contributed by atoms with E-state index in [0.29, 0.717) is 38.5 Å². The lowest BCUT2D eigenvalue weighted by molar-refractivity contribution is -0.157. The van der Waals surface area contributed by atoms with Crippen molar-refractivity contribution in [2.24, 2.45) is 5.92 Å². The van der Waals surface area contributed by atoms with Crippen LogP contribution in [0.3, 0.4) is 0 Å². The van der Waals surface area contributed by atoms with Crippen molar-refractivity contribution in [3.63, 3.8) is 0 Å². The molecule has 40 heavy (non-hydrogen) atoms. The van der Waals surface area contributed by atoms with Crippen LogP contribution in [-0.2, 0) is 25.5 Å². The smallest absolute Gasteiger partial charge is 0.254 e. The number of nitrogens with zero attached hydrogens (tertiary/aromatic N) is 1. The molecule has 3 amide bonds. The summed E-state index contributed by atoms with van der Waals surface area (Å²) in [5.41, 5.74) is -0.144. The molecule has 0 radical (unpaired) electrons. The topological polar surface area (TPSA) is 120 Å². The lowest BCUT2D eigenvalue weighted by atomic mass is 10.0. The number of aliphatic hydroxyl groups is 1. The summed E-state index contributed by atoms with van der Waals surface area (Å²) in [6, 6.07) is 12.4. The summed E-state index contributed by atoms with van der Waals surface area (Å²) in [6.45, 7) is 11.4. The predicted octanol–water partition coefficient (Wildman–Crippen LogP) is 2.40. The molecule has 0 saturated carbocycles. The van der Waals surface area contributed by atoms with Crippen LogP contribution in [-0.4, -0.2) is 84.3 Å². The number of likely N-dealkylation sites (tertiary alicyclic amines) is 1. The summed E-state index contributed by atoms with van der Waals surface area (Å²) in [4.78, 5) is 41.7. The second-order valence-electron chi connectivity index (χ2n) is 11.5. The standard InChI is InChI=1S/C31H46N4O5/c1-6-40-31(4,5)30(39)35-15-9-12-27(35)29(38)34-26(28(37)33-20-25(36)19-32-18-21(2)3)17-22-13-14-23-10-7-8-11-24(23)16-22/h7-8,10-11,13-14,16,21,25-27,32,36H,6,9,12,15,17-20H2,1-5H3,(H,33,37)(H,34,38)/t25?,26-,27?/m1/s1. The fraction of sp³-hybridized carbons (Fsp3) is 0.581. The van der Waals surface area contributed by atoms with Gasteiger partial charge in [-0.1, -0.05) is 56.3 Å². The Bertz CT molecular complexity index is 1150. The molecule has 0 aliphatic carbocycles. The lowest BCUT2D eigenvalue weighted by Crippen LogP contribution is -2.57. The number of hydrogen-bond donors (Lipinski definition) is 4. The Labute approximate surface area is 238 Å². The maximum atomic E-state index is 13.5. The second-order valence-corrected chi connectivity index (χ2v) is 11.5. The predicted molar refractivity (Wildman–Crippen MR) is 157 cm³/mol. The maximum absolute atomic E-state index is 13.5. The van der Waals surface area contributed by atoms with Gasteiger partial charge in [0.1, 0.15) is 17.7 Å². The highest BCUT2D eigenvalue weighted by molar-refractivity contribution is 5.94. The maximum Gasteiger partial charge on any atom is 0.254 e. The molecule has 4 N–H and O–H groups in total. The van der Waals surface area contributed by atoms with Crippen molar-refractivity contribution < 1.29 is 24.2 Å². The van der Waals surface area contributed by atoms with Crippen LogP contribution in [0, 0.1) is 5.92 Å². The highest BCUT2D eigenvalue weighted by Crippen LogP contribution is 2.24. The fourth-order valence-electron chi connectivity index (χ4n) is 5.08. The van der Waals surface area contributed by atoms with E-state index >= 15 is 0 Å². The molecule has 2 aromatic rings. The molecule has 1 saturated heterocycles. The van der Waals surface area contributed by atoms with Gasteiger partial charge in [0.25, 0.3) is 5.91 Å². The van der Waals surface area contributed by atoms with Crippen LogP contribution in [0.1, 0.15) is 53.0 Å². The molecule has 3 atom stereocenters. The Morgan fingerprint density at radius 2 is 1.80 bits per heavy atom. The van der Waals surface area contributed by atoms with Crippen LogP contribution in [0.5, 0.6) is 0 Å². The molecular formula is C31H46N4O5. The molecule has 2 aromatic carbocycles. The molecule has 2 unspecified atom stereocenters. The molecule has 1 fully saturated rings. The molecule has 220 valence electrons. The summed E-state index contributed by atoms with van der Waals surface area (Å²) in [7, 11) is 0. The third-order valence-electron chi connectivity index (χ3n) is 7.17. The van der Waals surface area contributed by atoms with Crippen LogP contribution in [0.25, 0.3) is 10.8 Å². The largest absolute Gasteiger partial charge is 0.390 e. The van der Waals surface area contributed by atoms with Crippen molar-refractivity contribution in [1.82, 2.24) is 20.9 Å². The minimum atomic E-state index is -1.04. The SMILES string of the molecule is CCOC(C)(C)C(=O)N1CCCC1C(=O)N[C@H](Cc1ccc2ccccc2c1)C(=O)NCC(O)CNCC(C)C. The molecule has 0 spiro atoms. The number of carbonyl (C=O) groups excluding carboxylic acids is 3. The third-order valence-corrected chi connectivity index (χ3v) is 7.17. The molecule has 1 heterocycles. The van der Waals surface area contributed by atoms with Crippen LogP contribution in [0.4, 0.5) is 0 Å². The van der Waals surface area contributed by atoms with Gasteiger partial charge in [-0.2, -0.15) is 0 Å². The molecule has 9 heteroatoms. The van der Waals surface area contributed by atoms with Crippen molar-refractivity contribution in [3.05, 3.63) is 48.0 Å². The van der Waals surface area contributed by atoms with E-state index < -0.39 is 23.8 Å². The summed E-state index contributed by atoms with van der Waals surface area (Å²) in [5, 5.41) is 21.4. The highest BCUT2D eigenvalue weighted by Gasteiger charge is 2.41. The lowest BCUT2D eigenvalue weighted by Gasteiger charge is -2.33. The van der Waals surface area contributed by atoms with E-state index in [1.54, 1.807) is 18.7 Å². The zero-order chi connectivity index (χ0) is 29.3. The van der Waals surface area contributed by atoms with Crippen LogP contribution in [0.2, 0.25) is 0 Å². The Hall–Kier alpha value is -3.01. The third kappa shape index (κ3) is 8.74. The molecular weight excluding hydrogens is 508 g/mol. The fourth-order valence-corrected chi connectivity index (χ4v) is 5.08. The normalized spacial score (nSPS) is 17.2. The first kappa shape index (κ1) is 31.5. The number of hydrogen-bond acceptors (Lipinski definition) is 6. The second kappa shape index (κ2) is 14.6. The molecule has 1 aliphatic rings. The monoisotopic (exact) mass is 554 g/mol. The van der Waals surface area contributed by atoms with Crippen LogP contribution in [0.15, 0.2) is 42.5 Å². The van der Waals surface area contributed by atoms with E-state index in [2.05, 4.69) is 29.8 Å². The van der Waals surface area contributed by atoms with Crippen molar-refractivity contribution in [2.45, 2.75) is 77.7 Å². The number of carbonyl (C=O) groups is 3. The van der Waals surface area contributed by atoms with E-state index in [9.17, 15) is 19.5 Å². The first-order valence-electron chi connectivity index (χ1n) is 14.4. The molecule has 0 aromatic heterocycles. The summed E-state index contributed by atoms with van der Waals surface area (Å²) >= 11 is 0. The van der Waals surface area contributed by atoms with Gasteiger partial charge >= 0.3 is 0 Å². The summed E-state index contributed by atoms with van der Waals surface area (Å²) < 4.78 is 5.64. The number of rotatable bonds is 14. The summed E-state index contributed by atoms with van der Waals surface area (Å²) in [5.74, 6) is -0.530. The van der Waals surface area contributed by atoms with Gasteiger partial charge in [-0.25, -0.2) is 0 Å². The highest BCUT2D eigenvalue weighted by atomic mass is 16.5. The zero-order valence-electron chi connectivity index (χ0n) is 24.5. The Morgan fingerprint density at radius 3 is 2.50 bits per heavy atom. The van der Waals surface area contributed by atoms with E-state index in [1.807, 2.05) is 49.4 Å². The number of amides is 3. The van der Waals surface area contributed by atoms with Gasteiger partial charge in [-0.3, -0.25) is 14.4 Å². The minimum absolute atomic E-state index is 0.0601. The minimum Gasteiger partial charge on any atom is -0.390 e. The molecule has 9 nitrogen and oxygen atoms in total. The van der Waals surface area contributed by atoms with E-state index in [1.165, 1.54) is 0 Å². The number of benzene rings is 2. The first-order chi connectivity index (χ1) is 19.0. The van der Waals surface area contributed by atoms with E-state index in [0.717, 1.165) is 22.9 Å². The summed E-state index contributed by atoms with van der Waals surface area (Å²) in [6.07, 6.45) is 0.728. The van der Waals surface area contributed by atoms with Gasteiger partial charge in [-0.05, 0) is 62.4 Å². The van der Waals surface area contributed by atoms with E-state index in [4.69, 9.17) is 4.74 Å². The van der Waals surface area contributed by atoms with Gasteiger partial charge in [0, 0.05) is 32.7 Å². The van der Waals surface area contributed by atoms with Crippen molar-refractivity contribution in [3.8, 4) is 0 Å². The van der Waals surface area contributed by atoms with Crippen molar-refractivity contribution >= 4 is 28.5 Å². The van der Waals surface area contributed by atoms with Crippen molar-refractivity contribution in [2.75, 3.05) is 32.8 Å². The molecule has 1 aliphatic heterocycles. The van der Waals surface area contributed by atoms with Gasteiger partial charge < -0.3 is 30.7 Å². The number of nitrogens with one attached hydrogen (secondary N) is 3. The Kier molecular flexibility index (Phi) is 11.5. The number of aliphatic hydroxyl groups excluding tert-OH is 1. The Morgan fingerprint density at radius 1 is 1.07 bits per heavy atom. The van der Waals surface area contributed by atoms with E-state index in [-0.39, 0.29) is 30.7 Å². The Balaban J connectivity index is 1.73. The molecule has 3 rings (SSSR count). The van der Waals surface area contributed by atoms with Gasteiger partial charge in [0.15, 0.2) is 0 Å². The van der Waals surface area contributed by atoms with Gasteiger partial charge in [0.05, 0.1) is 6.10 Å². The zero-order valence-corrected chi connectivity index (χ0v) is 24.5. The quantitative estimate of drug-likeness (QED) is 0.285. The van der Waals surface area contributed by atoms with Crippen LogP contribution < -0.4 is 16.0 Å². The van der Waals surface area contributed by atoms with Gasteiger partial charge in [-0.15, -0.1) is 0 Å². The molecule has 0 bridgehead atoms. The van der Waals surface area contributed by atoms with Crippen molar-refractivity contribution in [1.29, 1.82) is 0 Å². The first-order valence-corrected chi connectivity index (χ1v) is 14.4. The van der Waals surface area contributed by atoms with Crippen LogP contribution >= 0.6 is 0 Å². The average molecular weight is 555 g/mol. The number of fused-ring (bicyclic) bond motifs is 1.